The average molecular weight is 267 g/mol. The summed E-state index contributed by atoms with van der Waals surface area (Å²) >= 11 is 0. The maximum absolute atomic E-state index is 11.8. The van der Waals surface area contributed by atoms with Gasteiger partial charge in [-0.1, -0.05) is 6.58 Å². The molecule has 4 nitrogen and oxygen atoms in total. The van der Waals surface area contributed by atoms with E-state index >= 15 is 0 Å². The van der Waals surface area contributed by atoms with E-state index in [0.717, 1.165) is 25.8 Å². The van der Waals surface area contributed by atoms with Crippen molar-refractivity contribution in [2.45, 2.75) is 52.1 Å². The first-order chi connectivity index (χ1) is 8.81. The Morgan fingerprint density at radius 2 is 2.00 bits per heavy atom. The Morgan fingerprint density at radius 1 is 1.32 bits per heavy atom. The lowest BCUT2D eigenvalue weighted by molar-refractivity contribution is -0.156. The second-order valence-corrected chi connectivity index (χ2v) is 6.12. The van der Waals surface area contributed by atoms with Crippen LogP contribution in [0.1, 0.15) is 46.5 Å². The van der Waals surface area contributed by atoms with Gasteiger partial charge in [0.15, 0.2) is 0 Å². The first-order valence-corrected chi connectivity index (χ1v) is 6.95. The highest BCUT2D eigenvalue weighted by molar-refractivity contribution is 5.87. The standard InChI is InChI=1S/C15H25NO3/c1-5-13(17)16-9-6-7-12(8-10-16)11-14(18)19-15(2,3)4/h5,12H,1,6-11H2,2-4H3. The molecule has 0 aromatic rings. The van der Waals surface area contributed by atoms with Gasteiger partial charge in [0.2, 0.25) is 5.91 Å². The molecule has 1 rings (SSSR count). The number of carbonyl (C=O) groups is 2. The fraction of sp³-hybridized carbons (Fsp3) is 0.733. The molecule has 0 N–H and O–H groups in total. The first-order valence-electron chi connectivity index (χ1n) is 6.95. The summed E-state index contributed by atoms with van der Waals surface area (Å²) in [6, 6.07) is 0. The highest BCUT2D eigenvalue weighted by atomic mass is 16.6. The molecule has 0 radical (unpaired) electrons. The third kappa shape index (κ3) is 5.90. The van der Waals surface area contributed by atoms with E-state index in [0.29, 0.717) is 18.9 Å². The third-order valence-corrected chi connectivity index (χ3v) is 3.21. The predicted molar refractivity (Wildman–Crippen MR) is 74.6 cm³/mol. The van der Waals surface area contributed by atoms with E-state index in [4.69, 9.17) is 4.74 Å². The molecule has 0 aliphatic carbocycles. The molecular formula is C15H25NO3. The minimum absolute atomic E-state index is 0.0158. The second kappa shape index (κ2) is 6.73. The molecule has 1 heterocycles. The highest BCUT2D eigenvalue weighted by Gasteiger charge is 2.23. The van der Waals surface area contributed by atoms with Crippen molar-refractivity contribution >= 4 is 11.9 Å². The summed E-state index contributed by atoms with van der Waals surface area (Å²) in [4.78, 5) is 25.2. The molecule has 1 amide bonds. The zero-order valence-corrected chi connectivity index (χ0v) is 12.3. The number of esters is 1. The van der Waals surface area contributed by atoms with Crippen molar-refractivity contribution in [3.63, 3.8) is 0 Å². The molecule has 1 atom stereocenters. The molecule has 0 aromatic carbocycles. The summed E-state index contributed by atoms with van der Waals surface area (Å²) in [6.07, 6.45) is 4.58. The Bertz CT molecular complexity index is 344. The number of hydrogen-bond donors (Lipinski definition) is 0. The molecule has 0 aromatic heterocycles. The van der Waals surface area contributed by atoms with E-state index in [2.05, 4.69) is 6.58 Å². The summed E-state index contributed by atoms with van der Waals surface area (Å²) in [6.45, 7) is 10.6. The van der Waals surface area contributed by atoms with Crippen LogP contribution in [0, 0.1) is 5.92 Å². The number of amides is 1. The van der Waals surface area contributed by atoms with Gasteiger partial charge in [-0.3, -0.25) is 9.59 Å². The van der Waals surface area contributed by atoms with Crippen molar-refractivity contribution in [1.29, 1.82) is 0 Å². The Hall–Kier alpha value is -1.32. The summed E-state index contributed by atoms with van der Waals surface area (Å²) in [5.74, 6) is 0.163. The molecule has 108 valence electrons. The van der Waals surface area contributed by atoms with Crippen molar-refractivity contribution in [1.82, 2.24) is 4.90 Å². The minimum Gasteiger partial charge on any atom is -0.460 e. The molecule has 1 unspecified atom stereocenters. The quantitative estimate of drug-likeness (QED) is 0.583. The van der Waals surface area contributed by atoms with Crippen molar-refractivity contribution in [3.05, 3.63) is 12.7 Å². The lowest BCUT2D eigenvalue weighted by Gasteiger charge is -2.22. The fourth-order valence-electron chi connectivity index (χ4n) is 2.34. The highest BCUT2D eigenvalue weighted by Crippen LogP contribution is 2.22. The largest absolute Gasteiger partial charge is 0.460 e. The van der Waals surface area contributed by atoms with E-state index < -0.39 is 5.60 Å². The first kappa shape index (κ1) is 15.7. The third-order valence-electron chi connectivity index (χ3n) is 3.21. The van der Waals surface area contributed by atoms with Crippen molar-refractivity contribution in [2.75, 3.05) is 13.1 Å². The Balaban J connectivity index is 2.43. The maximum Gasteiger partial charge on any atom is 0.306 e. The van der Waals surface area contributed by atoms with Crippen molar-refractivity contribution in [3.8, 4) is 0 Å². The number of nitrogens with zero attached hydrogens (tertiary/aromatic N) is 1. The van der Waals surface area contributed by atoms with Gasteiger partial charge in [-0.05, 0) is 52.0 Å². The van der Waals surface area contributed by atoms with Crippen LogP contribution in [-0.2, 0) is 14.3 Å². The average Bonchev–Trinajstić information content (AvgIpc) is 2.51. The number of likely N-dealkylation sites (tertiary alicyclic amines) is 1. The van der Waals surface area contributed by atoms with Crippen LogP contribution in [0.2, 0.25) is 0 Å². The Morgan fingerprint density at radius 3 is 2.58 bits per heavy atom. The number of carbonyl (C=O) groups excluding carboxylic acids is 2. The molecule has 0 spiro atoms. The van der Waals surface area contributed by atoms with Gasteiger partial charge in [0, 0.05) is 19.5 Å². The summed E-state index contributed by atoms with van der Waals surface area (Å²) in [5, 5.41) is 0. The van der Waals surface area contributed by atoms with E-state index in [9.17, 15) is 9.59 Å². The van der Waals surface area contributed by atoms with Gasteiger partial charge in [-0.15, -0.1) is 0 Å². The minimum atomic E-state index is -0.424. The molecule has 19 heavy (non-hydrogen) atoms. The number of rotatable bonds is 3. The Labute approximate surface area is 115 Å². The smallest absolute Gasteiger partial charge is 0.306 e. The summed E-state index contributed by atoms with van der Waals surface area (Å²) in [7, 11) is 0. The van der Waals surface area contributed by atoms with Gasteiger partial charge in [-0.2, -0.15) is 0 Å². The van der Waals surface area contributed by atoms with E-state index in [-0.39, 0.29) is 11.9 Å². The lowest BCUT2D eigenvalue weighted by Crippen LogP contribution is -2.30. The van der Waals surface area contributed by atoms with Gasteiger partial charge < -0.3 is 9.64 Å². The van der Waals surface area contributed by atoms with Crippen molar-refractivity contribution in [2.24, 2.45) is 5.92 Å². The van der Waals surface area contributed by atoms with Crippen molar-refractivity contribution < 1.29 is 14.3 Å². The Kier molecular flexibility index (Phi) is 5.58. The predicted octanol–water partition coefficient (Wildman–Crippen LogP) is 2.53. The van der Waals surface area contributed by atoms with Gasteiger partial charge in [0.25, 0.3) is 0 Å². The molecular weight excluding hydrogens is 242 g/mol. The van der Waals surface area contributed by atoms with Gasteiger partial charge in [0.05, 0.1) is 0 Å². The number of ether oxygens (including phenoxy) is 1. The summed E-state index contributed by atoms with van der Waals surface area (Å²) in [5.41, 5.74) is -0.424. The molecule has 0 saturated carbocycles. The van der Waals surface area contributed by atoms with Crippen LogP contribution in [0.5, 0.6) is 0 Å². The molecule has 0 bridgehead atoms. The molecule has 1 aliphatic rings. The molecule has 1 fully saturated rings. The van der Waals surface area contributed by atoms with Crippen LogP contribution in [0.25, 0.3) is 0 Å². The molecule has 4 heteroatoms. The fourth-order valence-corrected chi connectivity index (χ4v) is 2.34. The van der Waals surface area contributed by atoms with Gasteiger partial charge >= 0.3 is 5.97 Å². The maximum atomic E-state index is 11.8. The van der Waals surface area contributed by atoms with Gasteiger partial charge in [-0.25, -0.2) is 0 Å². The zero-order valence-electron chi connectivity index (χ0n) is 12.3. The van der Waals surface area contributed by atoms with Crippen LogP contribution in [0.3, 0.4) is 0 Å². The molecule has 1 aliphatic heterocycles. The van der Waals surface area contributed by atoms with Crippen LogP contribution in [0.15, 0.2) is 12.7 Å². The van der Waals surface area contributed by atoms with Gasteiger partial charge in [0.1, 0.15) is 5.60 Å². The van der Waals surface area contributed by atoms with E-state index in [1.54, 1.807) is 0 Å². The number of hydrogen-bond acceptors (Lipinski definition) is 3. The van der Waals surface area contributed by atoms with Crippen LogP contribution < -0.4 is 0 Å². The second-order valence-electron chi connectivity index (χ2n) is 6.12. The lowest BCUT2D eigenvalue weighted by atomic mass is 9.97. The van der Waals surface area contributed by atoms with Crippen LogP contribution in [-0.4, -0.2) is 35.5 Å². The monoisotopic (exact) mass is 267 g/mol. The van der Waals surface area contributed by atoms with Crippen LogP contribution in [0.4, 0.5) is 0 Å². The van der Waals surface area contributed by atoms with E-state index in [1.807, 2.05) is 25.7 Å². The topological polar surface area (TPSA) is 46.6 Å². The van der Waals surface area contributed by atoms with E-state index in [1.165, 1.54) is 6.08 Å². The van der Waals surface area contributed by atoms with Crippen LogP contribution >= 0.6 is 0 Å². The normalized spacial score (nSPS) is 20.6. The summed E-state index contributed by atoms with van der Waals surface area (Å²) < 4.78 is 5.34. The SMILES string of the molecule is C=CC(=O)N1CCCC(CC(=O)OC(C)(C)C)CC1. The molecule has 1 saturated heterocycles. The zero-order chi connectivity index (χ0) is 14.5.